The summed E-state index contributed by atoms with van der Waals surface area (Å²) in [6.07, 6.45) is 6.20. The number of aryl methyl sites for hydroxylation is 1. The number of amides is 1. The van der Waals surface area contributed by atoms with Gasteiger partial charge in [0.15, 0.2) is 5.82 Å². The highest BCUT2D eigenvalue weighted by molar-refractivity contribution is 8.24. The van der Waals surface area contributed by atoms with Crippen LogP contribution in [0.4, 0.5) is 5.82 Å². The second-order valence-corrected chi connectivity index (χ2v) is 11.0. The third-order valence-corrected chi connectivity index (χ3v) is 7.74. The maximum atomic E-state index is 12.7. The molecule has 2 aromatic carbocycles. The van der Waals surface area contributed by atoms with E-state index in [-0.39, 0.29) is 5.91 Å². The van der Waals surface area contributed by atoms with Crippen LogP contribution in [-0.2, 0) is 6.54 Å². The number of fused-ring (bicyclic) bond motifs is 1. The molecule has 0 spiro atoms. The van der Waals surface area contributed by atoms with Gasteiger partial charge in [-0.2, -0.15) is 10.6 Å². The molecule has 10 heteroatoms. The van der Waals surface area contributed by atoms with E-state index in [2.05, 4.69) is 15.2 Å². The van der Waals surface area contributed by atoms with E-state index in [1.165, 1.54) is 0 Å². The average Bonchev–Trinajstić information content (AvgIpc) is 3.40. The van der Waals surface area contributed by atoms with Crippen LogP contribution < -0.4 is 10.2 Å². The highest BCUT2D eigenvalue weighted by Crippen LogP contribution is 2.42. The molecule has 0 radical (unpaired) electrons. The van der Waals surface area contributed by atoms with E-state index in [1.807, 2.05) is 47.2 Å². The highest BCUT2D eigenvalue weighted by atomic mass is 32.3. The molecule has 9 nitrogen and oxygen atoms in total. The molecular formula is C25H28N6O3S. The molecule has 0 unspecified atom stereocenters. The number of anilines is 1. The Morgan fingerprint density at radius 2 is 1.83 bits per heavy atom. The van der Waals surface area contributed by atoms with Crippen molar-refractivity contribution in [2.45, 2.75) is 13.0 Å². The van der Waals surface area contributed by atoms with Crippen LogP contribution in [0.5, 0.6) is 0 Å². The molecule has 0 atom stereocenters. The summed E-state index contributed by atoms with van der Waals surface area (Å²) >= 11 is 0. The lowest BCUT2D eigenvalue weighted by atomic mass is 10.1. The normalized spacial score (nSPS) is 16.2. The first-order valence-electron chi connectivity index (χ1n) is 11.6. The molecule has 1 fully saturated rings. The largest absolute Gasteiger partial charge is 0.352 e. The van der Waals surface area contributed by atoms with E-state index in [1.54, 1.807) is 24.7 Å². The van der Waals surface area contributed by atoms with Crippen molar-refractivity contribution >= 4 is 33.3 Å². The smallest absolute Gasteiger partial charge is 0.251 e. The summed E-state index contributed by atoms with van der Waals surface area (Å²) in [7, 11) is -2.52. The van der Waals surface area contributed by atoms with Crippen LogP contribution in [0.1, 0.15) is 16.8 Å². The molecule has 2 aromatic heterocycles. The molecule has 35 heavy (non-hydrogen) atoms. The van der Waals surface area contributed by atoms with Crippen LogP contribution >= 0.6 is 10.6 Å². The summed E-state index contributed by atoms with van der Waals surface area (Å²) in [5, 5.41) is 2.97. The van der Waals surface area contributed by atoms with Crippen LogP contribution in [-0.4, -0.2) is 65.7 Å². The fourth-order valence-corrected chi connectivity index (χ4v) is 5.35. The van der Waals surface area contributed by atoms with Gasteiger partial charge in [0.05, 0.1) is 28.9 Å². The van der Waals surface area contributed by atoms with E-state index in [0.717, 1.165) is 30.0 Å². The van der Waals surface area contributed by atoms with E-state index in [0.29, 0.717) is 47.7 Å². The Morgan fingerprint density at radius 1 is 1.03 bits per heavy atom. The first-order valence-corrected chi connectivity index (χ1v) is 13.5. The Hall–Kier alpha value is -3.47. The Morgan fingerprint density at radius 3 is 2.57 bits per heavy atom. The van der Waals surface area contributed by atoms with Gasteiger partial charge in [-0.25, -0.2) is 15.0 Å². The van der Waals surface area contributed by atoms with Crippen LogP contribution in [0, 0.1) is 0 Å². The number of hydrogen-bond acceptors (Lipinski definition) is 7. The fraction of sp³-hybridized carbons (Fsp3) is 0.280. The standard InChI is InChI=1S/C25H28N6O3S/c32-25(27-9-4-11-30-12-10-26-18-30)20-7-8-21-22(17-20)28-23(19-5-2-1-3-6-19)24(29-21)31-13-15-35(33,34)16-14-31/h1-3,5-8,10,12,17-18,33-34H,4,9,11,13-16H2,(H,27,32). The number of rotatable bonds is 7. The maximum absolute atomic E-state index is 12.7. The third kappa shape index (κ3) is 5.45. The molecule has 1 amide bonds. The Labute approximate surface area is 205 Å². The van der Waals surface area contributed by atoms with Gasteiger partial charge in [0.2, 0.25) is 0 Å². The summed E-state index contributed by atoms with van der Waals surface area (Å²) in [5.41, 5.74) is 3.50. The van der Waals surface area contributed by atoms with Gasteiger partial charge in [-0.3, -0.25) is 13.9 Å². The lowest BCUT2D eigenvalue weighted by Gasteiger charge is -2.41. The first kappa shape index (κ1) is 23.3. The third-order valence-electron chi connectivity index (χ3n) is 6.07. The van der Waals surface area contributed by atoms with Crippen molar-refractivity contribution in [2.75, 3.05) is 36.0 Å². The number of nitrogens with zero attached hydrogens (tertiary/aromatic N) is 5. The molecule has 4 aromatic rings. The zero-order valence-electron chi connectivity index (χ0n) is 19.2. The van der Waals surface area contributed by atoms with Gasteiger partial charge >= 0.3 is 0 Å². The predicted octanol–water partition coefficient (Wildman–Crippen LogP) is 3.88. The van der Waals surface area contributed by atoms with Crippen LogP contribution in [0.15, 0.2) is 67.3 Å². The minimum absolute atomic E-state index is 0.147. The van der Waals surface area contributed by atoms with Gasteiger partial charge in [-0.15, -0.1) is 0 Å². The number of benzene rings is 2. The van der Waals surface area contributed by atoms with Crippen molar-refractivity contribution < 1.29 is 13.9 Å². The quantitative estimate of drug-likeness (QED) is 0.335. The van der Waals surface area contributed by atoms with Gasteiger partial charge in [0.25, 0.3) is 5.91 Å². The van der Waals surface area contributed by atoms with E-state index >= 15 is 0 Å². The van der Waals surface area contributed by atoms with Crippen molar-refractivity contribution in [2.24, 2.45) is 0 Å². The zero-order chi connectivity index (χ0) is 24.3. The molecule has 0 saturated carbocycles. The van der Waals surface area contributed by atoms with Crippen LogP contribution in [0.25, 0.3) is 22.3 Å². The summed E-state index contributed by atoms with van der Waals surface area (Å²) in [6.45, 7) is 2.35. The number of imidazole rings is 1. The van der Waals surface area contributed by atoms with Gasteiger partial charge in [0, 0.05) is 49.7 Å². The fourth-order valence-electron chi connectivity index (χ4n) is 4.12. The molecule has 0 aliphatic carbocycles. The molecule has 1 saturated heterocycles. The number of carbonyl (C=O) groups excluding carboxylic acids is 1. The SMILES string of the molecule is O=C(NCCCn1ccnc1)c1ccc2nc(N3CCS(O)(O)CC3)c(-c3ccccc3)nc2c1. The summed E-state index contributed by atoms with van der Waals surface area (Å²) in [6, 6.07) is 15.2. The van der Waals surface area contributed by atoms with Gasteiger partial charge in [-0.05, 0) is 24.6 Å². The van der Waals surface area contributed by atoms with Gasteiger partial charge in [-0.1, -0.05) is 30.3 Å². The minimum Gasteiger partial charge on any atom is -0.352 e. The van der Waals surface area contributed by atoms with Crippen LogP contribution in [0.2, 0.25) is 0 Å². The second-order valence-electron chi connectivity index (χ2n) is 8.57. The molecule has 1 aliphatic heterocycles. The summed E-state index contributed by atoms with van der Waals surface area (Å²) < 4.78 is 22.1. The lowest BCUT2D eigenvalue weighted by Crippen LogP contribution is -2.39. The van der Waals surface area contributed by atoms with Crippen molar-refractivity contribution in [3.63, 3.8) is 0 Å². The molecule has 0 bridgehead atoms. The predicted molar refractivity (Wildman–Crippen MR) is 139 cm³/mol. The summed E-state index contributed by atoms with van der Waals surface area (Å²) in [5.74, 6) is 1.21. The second kappa shape index (κ2) is 10.0. The molecular weight excluding hydrogens is 464 g/mol. The molecule has 5 rings (SSSR count). The maximum Gasteiger partial charge on any atom is 0.251 e. The first-order chi connectivity index (χ1) is 17.0. The number of carbonyl (C=O) groups is 1. The molecule has 182 valence electrons. The van der Waals surface area contributed by atoms with E-state index in [4.69, 9.17) is 9.97 Å². The monoisotopic (exact) mass is 492 g/mol. The number of nitrogens with one attached hydrogen (secondary N) is 1. The lowest BCUT2D eigenvalue weighted by molar-refractivity contribution is 0.0953. The van der Waals surface area contributed by atoms with E-state index < -0.39 is 10.6 Å². The van der Waals surface area contributed by atoms with Gasteiger partial charge in [0.1, 0.15) is 5.69 Å². The molecule has 1 aliphatic rings. The Kier molecular flexibility index (Phi) is 6.67. The van der Waals surface area contributed by atoms with Crippen molar-refractivity contribution in [1.82, 2.24) is 24.8 Å². The molecule has 3 N–H and O–H groups in total. The number of aromatic nitrogens is 4. The summed E-state index contributed by atoms with van der Waals surface area (Å²) in [4.78, 5) is 28.6. The average molecular weight is 493 g/mol. The van der Waals surface area contributed by atoms with Crippen molar-refractivity contribution in [3.8, 4) is 11.3 Å². The van der Waals surface area contributed by atoms with Crippen LogP contribution in [0.3, 0.4) is 0 Å². The number of hydrogen-bond donors (Lipinski definition) is 3. The minimum atomic E-state index is -2.52. The topological polar surface area (TPSA) is 116 Å². The van der Waals surface area contributed by atoms with Gasteiger partial charge < -0.3 is 14.8 Å². The Balaban J connectivity index is 1.39. The highest BCUT2D eigenvalue weighted by Gasteiger charge is 2.26. The molecule has 3 heterocycles. The Bertz CT molecular complexity index is 1300. The van der Waals surface area contributed by atoms with Crippen molar-refractivity contribution in [3.05, 3.63) is 72.8 Å². The van der Waals surface area contributed by atoms with E-state index in [9.17, 15) is 13.9 Å². The zero-order valence-corrected chi connectivity index (χ0v) is 20.1. The van der Waals surface area contributed by atoms with Crippen molar-refractivity contribution in [1.29, 1.82) is 0 Å².